The molecule has 0 unspecified atom stereocenters. The van der Waals surface area contributed by atoms with Gasteiger partial charge in [-0.2, -0.15) is 0 Å². The predicted octanol–water partition coefficient (Wildman–Crippen LogP) is 4.88. The van der Waals surface area contributed by atoms with Crippen LogP contribution in [-0.4, -0.2) is 25.8 Å². The minimum atomic E-state index is -0.270. The molecule has 0 aliphatic carbocycles. The molecular formula is C25H26N2O4. The number of nitrogens with zero attached hydrogens (tertiary/aromatic N) is 1. The third-order valence-electron chi connectivity index (χ3n) is 4.78. The van der Waals surface area contributed by atoms with Crippen LogP contribution >= 0.6 is 0 Å². The van der Waals surface area contributed by atoms with Crippen LogP contribution in [0.4, 0.5) is 5.69 Å². The Balaban J connectivity index is 1.52. The van der Waals surface area contributed by atoms with Crippen LogP contribution < -0.4 is 14.8 Å². The molecule has 0 bridgehead atoms. The van der Waals surface area contributed by atoms with E-state index in [2.05, 4.69) is 10.5 Å². The highest BCUT2D eigenvalue weighted by atomic mass is 16.6. The summed E-state index contributed by atoms with van der Waals surface area (Å²) in [6, 6.07) is 21.1. The number of anilines is 1. The number of benzene rings is 3. The zero-order chi connectivity index (χ0) is 22.1. The molecule has 0 fully saturated rings. The Morgan fingerprint density at radius 3 is 2.58 bits per heavy atom. The van der Waals surface area contributed by atoms with Crippen molar-refractivity contribution in [3.05, 3.63) is 89.0 Å². The zero-order valence-electron chi connectivity index (χ0n) is 17.9. The molecule has 0 aliphatic heterocycles. The lowest BCUT2D eigenvalue weighted by Gasteiger charge is -2.11. The molecule has 1 N–H and O–H groups in total. The summed E-state index contributed by atoms with van der Waals surface area (Å²) in [6.45, 7) is 4.23. The number of rotatable bonds is 9. The quantitative estimate of drug-likeness (QED) is 0.397. The van der Waals surface area contributed by atoms with Gasteiger partial charge in [-0.05, 0) is 54.8 Å². The first kappa shape index (κ1) is 21.9. The highest BCUT2D eigenvalue weighted by molar-refractivity contribution is 5.92. The van der Waals surface area contributed by atoms with Gasteiger partial charge in [-0.25, -0.2) is 0 Å². The highest BCUT2D eigenvalue weighted by Gasteiger charge is 2.07. The maximum atomic E-state index is 12.1. The van der Waals surface area contributed by atoms with E-state index in [9.17, 15) is 4.79 Å². The molecular weight excluding hydrogens is 392 g/mol. The molecule has 6 nitrogen and oxygen atoms in total. The maximum absolute atomic E-state index is 12.1. The number of amides is 1. The molecule has 0 atom stereocenters. The second-order valence-corrected chi connectivity index (χ2v) is 6.99. The van der Waals surface area contributed by atoms with E-state index < -0.39 is 0 Å². The minimum Gasteiger partial charge on any atom is -0.493 e. The highest BCUT2D eigenvalue weighted by Crippen LogP contribution is 2.28. The van der Waals surface area contributed by atoms with Crippen molar-refractivity contribution in [2.45, 2.75) is 20.5 Å². The summed E-state index contributed by atoms with van der Waals surface area (Å²) in [5.41, 5.74) is 4.75. The van der Waals surface area contributed by atoms with E-state index in [4.69, 9.17) is 14.3 Å². The summed E-state index contributed by atoms with van der Waals surface area (Å²) in [7, 11) is 1.58. The number of aryl methyl sites for hydroxylation is 1. The van der Waals surface area contributed by atoms with Gasteiger partial charge in [-0.1, -0.05) is 47.6 Å². The van der Waals surface area contributed by atoms with Gasteiger partial charge in [0.25, 0.3) is 5.91 Å². The smallest absolute Gasteiger partial charge is 0.265 e. The number of hydrogen-bond donors (Lipinski definition) is 1. The number of ether oxygens (including phenoxy) is 2. The Labute approximate surface area is 182 Å². The zero-order valence-corrected chi connectivity index (χ0v) is 17.9. The number of carbonyl (C=O) groups is 1. The molecule has 0 aliphatic rings. The molecule has 3 rings (SSSR count). The lowest BCUT2D eigenvalue weighted by molar-refractivity contribution is -0.120. The summed E-state index contributed by atoms with van der Waals surface area (Å²) >= 11 is 0. The Bertz CT molecular complexity index is 1050. The van der Waals surface area contributed by atoms with Crippen LogP contribution in [0.1, 0.15) is 22.3 Å². The number of hydrogen-bond acceptors (Lipinski definition) is 5. The van der Waals surface area contributed by atoms with Crippen molar-refractivity contribution in [3.8, 4) is 11.5 Å². The van der Waals surface area contributed by atoms with Crippen LogP contribution in [0.2, 0.25) is 0 Å². The van der Waals surface area contributed by atoms with Gasteiger partial charge in [0.1, 0.15) is 6.61 Å². The first-order chi connectivity index (χ1) is 15.1. The summed E-state index contributed by atoms with van der Waals surface area (Å²) in [5.74, 6) is 0.956. The molecule has 3 aromatic carbocycles. The third kappa shape index (κ3) is 6.34. The van der Waals surface area contributed by atoms with E-state index in [1.54, 1.807) is 13.2 Å². The predicted molar refractivity (Wildman–Crippen MR) is 122 cm³/mol. The van der Waals surface area contributed by atoms with E-state index in [0.717, 1.165) is 27.9 Å². The number of nitrogens with one attached hydrogen (secondary N) is 1. The van der Waals surface area contributed by atoms with Crippen LogP contribution in [0.3, 0.4) is 0 Å². The van der Waals surface area contributed by atoms with Gasteiger partial charge in [0, 0.05) is 11.3 Å². The number of oxime groups is 1. The van der Waals surface area contributed by atoms with Crippen molar-refractivity contribution in [2.24, 2.45) is 5.16 Å². The van der Waals surface area contributed by atoms with Crippen LogP contribution in [0, 0.1) is 13.8 Å². The largest absolute Gasteiger partial charge is 0.493 e. The second-order valence-electron chi connectivity index (χ2n) is 6.99. The van der Waals surface area contributed by atoms with Crippen molar-refractivity contribution in [2.75, 3.05) is 19.0 Å². The average molecular weight is 418 g/mol. The summed E-state index contributed by atoms with van der Waals surface area (Å²) in [4.78, 5) is 17.2. The fourth-order valence-corrected chi connectivity index (χ4v) is 2.89. The maximum Gasteiger partial charge on any atom is 0.265 e. The second kappa shape index (κ2) is 10.8. The standard InChI is InChI=1S/C25H26N2O4/c1-18-8-7-11-22(19(18)2)27-25(28)17-31-26-15-21-12-13-23(24(14-21)29-3)30-16-20-9-5-4-6-10-20/h4-15H,16-17H2,1-3H3,(H,27,28)/b26-15+. The van der Waals surface area contributed by atoms with Crippen LogP contribution in [0.25, 0.3) is 0 Å². The van der Waals surface area contributed by atoms with Crippen molar-refractivity contribution in [1.82, 2.24) is 0 Å². The molecule has 3 aromatic rings. The number of methoxy groups -OCH3 is 1. The van der Waals surface area contributed by atoms with E-state index in [1.807, 2.05) is 74.5 Å². The molecule has 0 saturated heterocycles. The number of carbonyl (C=O) groups excluding carboxylic acids is 1. The fraction of sp³-hybridized carbons (Fsp3) is 0.200. The third-order valence-corrected chi connectivity index (χ3v) is 4.78. The van der Waals surface area contributed by atoms with Gasteiger partial charge in [0.05, 0.1) is 13.3 Å². The molecule has 0 saturated carbocycles. The lowest BCUT2D eigenvalue weighted by atomic mass is 10.1. The topological polar surface area (TPSA) is 69.2 Å². The molecule has 0 aromatic heterocycles. The fourth-order valence-electron chi connectivity index (χ4n) is 2.89. The normalized spacial score (nSPS) is 10.7. The van der Waals surface area contributed by atoms with Gasteiger partial charge in [-0.3, -0.25) is 4.79 Å². The van der Waals surface area contributed by atoms with Crippen molar-refractivity contribution >= 4 is 17.8 Å². The molecule has 31 heavy (non-hydrogen) atoms. The SMILES string of the molecule is COc1cc(/C=N/OCC(=O)Nc2cccc(C)c2C)ccc1OCc1ccccc1. The lowest BCUT2D eigenvalue weighted by Crippen LogP contribution is -2.17. The Hall–Kier alpha value is -3.80. The van der Waals surface area contributed by atoms with Crippen LogP contribution in [-0.2, 0) is 16.2 Å². The molecule has 160 valence electrons. The summed E-state index contributed by atoms with van der Waals surface area (Å²) < 4.78 is 11.3. The molecule has 6 heteroatoms. The van der Waals surface area contributed by atoms with Crippen molar-refractivity contribution in [1.29, 1.82) is 0 Å². The van der Waals surface area contributed by atoms with Gasteiger partial charge in [0.2, 0.25) is 0 Å². The Morgan fingerprint density at radius 1 is 1.00 bits per heavy atom. The van der Waals surface area contributed by atoms with Crippen LogP contribution in [0.15, 0.2) is 71.9 Å². The van der Waals surface area contributed by atoms with Gasteiger partial charge in [0.15, 0.2) is 18.1 Å². The first-order valence-corrected chi connectivity index (χ1v) is 9.93. The van der Waals surface area contributed by atoms with E-state index in [-0.39, 0.29) is 12.5 Å². The van der Waals surface area contributed by atoms with E-state index in [1.165, 1.54) is 6.21 Å². The van der Waals surface area contributed by atoms with Gasteiger partial charge in [-0.15, -0.1) is 0 Å². The molecule has 0 spiro atoms. The van der Waals surface area contributed by atoms with Gasteiger partial charge < -0.3 is 19.6 Å². The van der Waals surface area contributed by atoms with Crippen molar-refractivity contribution < 1.29 is 19.1 Å². The van der Waals surface area contributed by atoms with E-state index >= 15 is 0 Å². The Kier molecular flexibility index (Phi) is 7.65. The monoisotopic (exact) mass is 418 g/mol. The molecule has 0 heterocycles. The Morgan fingerprint density at radius 2 is 1.81 bits per heavy atom. The van der Waals surface area contributed by atoms with Gasteiger partial charge >= 0.3 is 0 Å². The van der Waals surface area contributed by atoms with E-state index in [0.29, 0.717) is 18.1 Å². The summed E-state index contributed by atoms with van der Waals surface area (Å²) in [5, 5.41) is 6.71. The summed E-state index contributed by atoms with van der Waals surface area (Å²) in [6.07, 6.45) is 1.52. The minimum absolute atomic E-state index is 0.181. The average Bonchev–Trinajstić information content (AvgIpc) is 2.79. The van der Waals surface area contributed by atoms with Crippen molar-refractivity contribution in [3.63, 3.8) is 0 Å². The molecule has 1 amide bonds. The molecule has 0 radical (unpaired) electrons. The first-order valence-electron chi connectivity index (χ1n) is 9.93. The van der Waals surface area contributed by atoms with Crippen LogP contribution in [0.5, 0.6) is 11.5 Å².